The zero-order valence-electron chi connectivity index (χ0n) is 8.97. The van der Waals surface area contributed by atoms with Crippen molar-refractivity contribution in [2.24, 2.45) is 10.9 Å². The fraction of sp³-hybridized carbons (Fsp3) is 0.364. The van der Waals surface area contributed by atoms with Crippen LogP contribution in [0, 0.1) is 0 Å². The lowest BCUT2D eigenvalue weighted by Crippen LogP contribution is -2.31. The zero-order valence-corrected chi connectivity index (χ0v) is 8.97. The average molecular weight is 208 g/mol. The number of aryl methyl sites for hydroxylation is 1. The first-order valence-electron chi connectivity index (χ1n) is 4.90. The Kier molecular flexibility index (Phi) is 3.97. The van der Waals surface area contributed by atoms with Crippen molar-refractivity contribution in [3.63, 3.8) is 0 Å². The van der Waals surface area contributed by atoms with Gasteiger partial charge >= 0.3 is 0 Å². The largest absolute Gasteiger partial charge is 0.483 e. The van der Waals surface area contributed by atoms with Crippen molar-refractivity contribution in [2.45, 2.75) is 26.4 Å². The molecular weight excluding hydrogens is 192 g/mol. The molecule has 4 nitrogen and oxygen atoms in total. The van der Waals surface area contributed by atoms with E-state index >= 15 is 0 Å². The standard InChI is InChI=1S/C11H16N2O2/c1-3-9-4-6-10(7-5-9)15-8(2)11(12)13-14/h4-8,14H,3H2,1-2H3,(H2,12,13). The number of oxime groups is 1. The van der Waals surface area contributed by atoms with Gasteiger partial charge in [0.2, 0.25) is 0 Å². The molecule has 4 heteroatoms. The molecule has 0 aromatic heterocycles. The normalized spacial score (nSPS) is 13.6. The van der Waals surface area contributed by atoms with Crippen LogP contribution in [0.2, 0.25) is 0 Å². The minimum atomic E-state index is -0.428. The second-order valence-electron chi connectivity index (χ2n) is 3.28. The molecule has 0 fully saturated rings. The molecule has 0 amide bonds. The van der Waals surface area contributed by atoms with Gasteiger partial charge in [-0.1, -0.05) is 24.2 Å². The summed E-state index contributed by atoms with van der Waals surface area (Å²) in [4.78, 5) is 0. The van der Waals surface area contributed by atoms with Gasteiger partial charge in [-0.25, -0.2) is 0 Å². The summed E-state index contributed by atoms with van der Waals surface area (Å²) in [6.07, 6.45) is 0.568. The SMILES string of the molecule is CCc1ccc(OC(C)C(N)=NO)cc1. The highest BCUT2D eigenvalue weighted by Crippen LogP contribution is 2.14. The van der Waals surface area contributed by atoms with Crippen molar-refractivity contribution in [1.29, 1.82) is 0 Å². The summed E-state index contributed by atoms with van der Waals surface area (Å²) in [7, 11) is 0. The third-order valence-corrected chi connectivity index (χ3v) is 2.18. The Bertz CT molecular complexity index is 333. The maximum absolute atomic E-state index is 8.45. The van der Waals surface area contributed by atoms with Gasteiger partial charge in [-0.3, -0.25) is 0 Å². The van der Waals surface area contributed by atoms with Crippen LogP contribution >= 0.6 is 0 Å². The van der Waals surface area contributed by atoms with Gasteiger partial charge in [-0.2, -0.15) is 0 Å². The molecular formula is C11H16N2O2. The third kappa shape index (κ3) is 3.16. The van der Waals surface area contributed by atoms with E-state index < -0.39 is 6.10 Å². The van der Waals surface area contributed by atoms with E-state index in [4.69, 9.17) is 15.7 Å². The molecule has 3 N–H and O–H groups in total. The molecule has 1 atom stereocenters. The van der Waals surface area contributed by atoms with E-state index in [1.165, 1.54) is 5.56 Å². The molecule has 0 saturated carbocycles. The molecule has 1 unspecified atom stereocenters. The van der Waals surface area contributed by atoms with Crippen LogP contribution in [0.4, 0.5) is 0 Å². The van der Waals surface area contributed by atoms with Gasteiger partial charge in [-0.05, 0) is 31.0 Å². The van der Waals surface area contributed by atoms with Gasteiger partial charge < -0.3 is 15.7 Å². The van der Waals surface area contributed by atoms with Crippen LogP contribution in [-0.2, 0) is 6.42 Å². The first kappa shape index (κ1) is 11.4. The van der Waals surface area contributed by atoms with Gasteiger partial charge in [0, 0.05) is 0 Å². The molecule has 0 aliphatic carbocycles. The maximum atomic E-state index is 8.45. The topological polar surface area (TPSA) is 67.8 Å². The predicted octanol–water partition coefficient (Wildman–Crippen LogP) is 1.76. The van der Waals surface area contributed by atoms with Gasteiger partial charge in [-0.15, -0.1) is 0 Å². The van der Waals surface area contributed by atoms with E-state index in [0.717, 1.165) is 6.42 Å². The van der Waals surface area contributed by atoms with E-state index in [2.05, 4.69) is 12.1 Å². The van der Waals surface area contributed by atoms with E-state index in [-0.39, 0.29) is 5.84 Å². The van der Waals surface area contributed by atoms with Gasteiger partial charge in [0.1, 0.15) is 5.75 Å². The number of ether oxygens (including phenoxy) is 1. The molecule has 1 aromatic carbocycles. The minimum absolute atomic E-state index is 0.0644. The number of rotatable bonds is 4. The Hall–Kier alpha value is -1.71. The maximum Gasteiger partial charge on any atom is 0.180 e. The number of nitrogens with zero attached hydrogens (tertiary/aromatic N) is 1. The van der Waals surface area contributed by atoms with Crippen LogP contribution in [0.15, 0.2) is 29.4 Å². The Balaban J connectivity index is 2.65. The highest BCUT2D eigenvalue weighted by Gasteiger charge is 2.08. The average Bonchev–Trinajstić information content (AvgIpc) is 2.29. The third-order valence-electron chi connectivity index (χ3n) is 2.18. The molecule has 82 valence electrons. The van der Waals surface area contributed by atoms with Crippen molar-refractivity contribution in [3.05, 3.63) is 29.8 Å². The van der Waals surface area contributed by atoms with E-state index in [1.807, 2.05) is 24.3 Å². The summed E-state index contributed by atoms with van der Waals surface area (Å²) in [5.74, 6) is 0.779. The zero-order chi connectivity index (χ0) is 11.3. The predicted molar refractivity (Wildman–Crippen MR) is 59.3 cm³/mol. The van der Waals surface area contributed by atoms with Gasteiger partial charge in [0.25, 0.3) is 0 Å². The van der Waals surface area contributed by atoms with E-state index in [1.54, 1.807) is 6.92 Å². The molecule has 1 aromatic rings. The second kappa shape index (κ2) is 5.24. The Morgan fingerprint density at radius 2 is 2.07 bits per heavy atom. The summed E-state index contributed by atoms with van der Waals surface area (Å²) in [6, 6.07) is 7.74. The first-order valence-corrected chi connectivity index (χ1v) is 4.90. The number of nitrogens with two attached hydrogens (primary N) is 1. The molecule has 0 saturated heterocycles. The Morgan fingerprint density at radius 1 is 1.47 bits per heavy atom. The summed E-state index contributed by atoms with van der Waals surface area (Å²) in [5.41, 5.74) is 6.64. The van der Waals surface area contributed by atoms with Gasteiger partial charge in [0.15, 0.2) is 11.9 Å². The quantitative estimate of drug-likeness (QED) is 0.343. The Morgan fingerprint density at radius 3 is 2.53 bits per heavy atom. The van der Waals surface area contributed by atoms with Crippen LogP contribution in [0.3, 0.4) is 0 Å². The van der Waals surface area contributed by atoms with Crippen molar-refractivity contribution in [1.82, 2.24) is 0 Å². The summed E-state index contributed by atoms with van der Waals surface area (Å²) in [5, 5.41) is 11.3. The van der Waals surface area contributed by atoms with Crippen LogP contribution < -0.4 is 10.5 Å². The number of amidine groups is 1. The fourth-order valence-electron chi connectivity index (χ4n) is 1.15. The first-order chi connectivity index (χ1) is 7.17. The molecule has 0 spiro atoms. The summed E-state index contributed by atoms with van der Waals surface area (Å²) >= 11 is 0. The summed E-state index contributed by atoms with van der Waals surface area (Å²) < 4.78 is 5.45. The van der Waals surface area contributed by atoms with Crippen molar-refractivity contribution in [2.75, 3.05) is 0 Å². The van der Waals surface area contributed by atoms with Crippen LogP contribution in [0.5, 0.6) is 5.75 Å². The molecule has 15 heavy (non-hydrogen) atoms. The molecule has 1 rings (SSSR count). The van der Waals surface area contributed by atoms with Crippen molar-refractivity contribution in [3.8, 4) is 5.75 Å². The lowest BCUT2D eigenvalue weighted by molar-refractivity contribution is 0.265. The van der Waals surface area contributed by atoms with Crippen LogP contribution in [0.1, 0.15) is 19.4 Å². The smallest absolute Gasteiger partial charge is 0.180 e. The lowest BCUT2D eigenvalue weighted by atomic mass is 10.2. The van der Waals surface area contributed by atoms with Gasteiger partial charge in [0.05, 0.1) is 0 Å². The Labute approximate surface area is 89.4 Å². The number of hydrogen-bond donors (Lipinski definition) is 2. The number of benzene rings is 1. The fourth-order valence-corrected chi connectivity index (χ4v) is 1.15. The lowest BCUT2D eigenvalue weighted by Gasteiger charge is -2.13. The molecule has 0 aliphatic rings. The van der Waals surface area contributed by atoms with Crippen LogP contribution in [0.25, 0.3) is 0 Å². The minimum Gasteiger partial charge on any atom is -0.483 e. The van der Waals surface area contributed by atoms with Crippen molar-refractivity contribution >= 4 is 5.84 Å². The van der Waals surface area contributed by atoms with E-state index in [9.17, 15) is 0 Å². The molecule has 0 heterocycles. The molecule has 0 bridgehead atoms. The van der Waals surface area contributed by atoms with Crippen molar-refractivity contribution < 1.29 is 9.94 Å². The molecule has 0 radical (unpaired) electrons. The monoisotopic (exact) mass is 208 g/mol. The summed E-state index contributed by atoms with van der Waals surface area (Å²) in [6.45, 7) is 3.82. The van der Waals surface area contributed by atoms with Crippen LogP contribution in [-0.4, -0.2) is 17.1 Å². The highest BCUT2D eigenvalue weighted by molar-refractivity contribution is 5.84. The highest BCUT2D eigenvalue weighted by atomic mass is 16.5. The second-order valence-corrected chi connectivity index (χ2v) is 3.28. The number of hydrogen-bond acceptors (Lipinski definition) is 3. The van der Waals surface area contributed by atoms with E-state index in [0.29, 0.717) is 5.75 Å². The molecule has 0 aliphatic heterocycles.